The minimum atomic E-state index is -1.59. The van der Waals surface area contributed by atoms with Gasteiger partial charge in [-0.2, -0.15) is 0 Å². The van der Waals surface area contributed by atoms with Crippen LogP contribution in [0.4, 0.5) is 28.4 Å². The lowest BCUT2D eigenvalue weighted by molar-refractivity contribution is 0.411. The van der Waals surface area contributed by atoms with Gasteiger partial charge in [0, 0.05) is 80.8 Å². The second-order valence-electron chi connectivity index (χ2n) is 34.0. The molecule has 5 N–H and O–H groups in total. The summed E-state index contributed by atoms with van der Waals surface area (Å²) in [4.78, 5) is 22.5. The molecule has 126 heavy (non-hydrogen) atoms. The highest BCUT2D eigenvalue weighted by Crippen LogP contribution is 2.45. The number of methoxy groups -OCH3 is 1. The summed E-state index contributed by atoms with van der Waals surface area (Å²) in [6.07, 6.45) is 10.7. The number of aliphatic imine (C=N–C) groups is 5. The number of para-hydroxylation sites is 6. The fourth-order valence-corrected chi connectivity index (χ4v) is 18.6. The molecule has 0 saturated carbocycles. The maximum atomic E-state index is 11.4. The van der Waals surface area contributed by atoms with Crippen molar-refractivity contribution in [2.75, 3.05) is 7.11 Å². The van der Waals surface area contributed by atoms with E-state index in [0.29, 0.717) is 22.8 Å². The van der Waals surface area contributed by atoms with Crippen LogP contribution in [0, 0.1) is 13.8 Å². The van der Waals surface area contributed by atoms with Gasteiger partial charge in [0.1, 0.15) is 34.5 Å². The Balaban J connectivity index is 0.000000167. The van der Waals surface area contributed by atoms with E-state index in [1.807, 2.05) is 208 Å². The van der Waals surface area contributed by atoms with E-state index in [2.05, 4.69) is 242 Å². The maximum Gasteiger partial charge on any atom is 0.128 e. The van der Waals surface area contributed by atoms with Gasteiger partial charge in [-0.1, -0.05) is 345 Å². The summed E-state index contributed by atoms with van der Waals surface area (Å²) in [5, 5.41) is 54.3. The van der Waals surface area contributed by atoms with Gasteiger partial charge in [0.25, 0.3) is 0 Å². The molecule has 0 aromatic heterocycles. The quantitative estimate of drug-likeness (QED) is 0.0281. The van der Waals surface area contributed by atoms with Crippen molar-refractivity contribution in [2.24, 2.45) is 25.0 Å². The number of phenols is 5. The molecule has 0 saturated heterocycles. The Hall–Kier alpha value is -13.6. The van der Waals surface area contributed by atoms with Gasteiger partial charge in [-0.05, 0) is 195 Å². The number of ether oxygens (including phenoxy) is 1. The molecule has 0 aliphatic rings. The molecule has 14 aromatic rings. The third-order valence-electron chi connectivity index (χ3n) is 24.4. The van der Waals surface area contributed by atoms with Crippen molar-refractivity contribution in [3.63, 3.8) is 0 Å². The summed E-state index contributed by atoms with van der Waals surface area (Å²) in [6, 6.07) is 114. The van der Waals surface area contributed by atoms with Crippen LogP contribution in [-0.4, -0.2) is 71.8 Å². The van der Waals surface area contributed by atoms with Crippen LogP contribution in [0.5, 0.6) is 34.5 Å². The topological polar surface area (TPSA) is 172 Å². The average molecular weight is 1690 g/mol. The zero-order valence-electron chi connectivity index (χ0n) is 76.1. The summed E-state index contributed by atoms with van der Waals surface area (Å²) in [5.74, 6) is 2.27. The Labute approximate surface area is 749 Å². The van der Waals surface area contributed by atoms with E-state index < -0.39 is 8.07 Å². The molecular weight excluding hydrogens is 1560 g/mol. The number of phenolic OH excluding ortho intramolecular Hbond substituents is 5. The summed E-state index contributed by atoms with van der Waals surface area (Å²) in [7, 11) is 0.0117. The predicted octanol–water partition coefficient (Wildman–Crippen LogP) is 29.4. The van der Waals surface area contributed by atoms with E-state index in [4.69, 9.17) is 4.74 Å². The minimum Gasteiger partial charge on any atom is -0.507 e. The van der Waals surface area contributed by atoms with E-state index in [1.165, 1.54) is 33.0 Å². The molecule has 0 amide bonds. The molecule has 0 spiro atoms. The number of hydrogen-bond acceptors (Lipinski definition) is 11. The Morgan fingerprint density at radius 1 is 0.278 bits per heavy atom. The van der Waals surface area contributed by atoms with E-state index in [0.717, 1.165) is 121 Å². The molecule has 0 heterocycles. The summed E-state index contributed by atoms with van der Waals surface area (Å²) in [5.41, 5.74) is 20.4. The largest absolute Gasteiger partial charge is 0.507 e. The lowest BCUT2D eigenvalue weighted by Crippen LogP contribution is -2.46. The summed E-state index contributed by atoms with van der Waals surface area (Å²) >= 11 is 0. The molecule has 0 fully saturated rings. The second-order valence-corrected chi connectivity index (χ2v) is 39.2. The van der Waals surface area contributed by atoms with Gasteiger partial charge in [0.15, 0.2) is 0 Å². The summed E-state index contributed by atoms with van der Waals surface area (Å²) in [6.45, 7) is 32.5. The van der Waals surface area contributed by atoms with E-state index in [1.54, 1.807) is 50.3 Å². The van der Waals surface area contributed by atoms with Crippen molar-refractivity contribution in [2.45, 2.75) is 156 Å². The molecule has 0 bridgehead atoms. The van der Waals surface area contributed by atoms with Crippen LogP contribution in [0.3, 0.4) is 0 Å². The summed E-state index contributed by atoms with van der Waals surface area (Å²) < 4.78 is 5.17. The van der Waals surface area contributed by atoms with Crippen molar-refractivity contribution in [1.82, 2.24) is 0 Å². The SMILES string of the molecule is CC(C)(c1ccccc1)c1cc(C=Nc2ccccc2)c(O)c(C(C)(C)c2ccccc2)c1.CCC(C)(C)c1cc(C=Nc2ccccc2)c(O)c(C(C)(C)CC)c1.CC[Si](CC)(CC)c1cccc(C=Nc2ccccc2)c1O.COc1cc(C)c(O)c(C=Nc2ccccc2)c1.Cc1cccc(C=Nc2ccc(-c3ccc(-c4ccccc4)cc3)cc2)c1O. The number of hydrogen-bond donors (Lipinski definition) is 5. The molecular formula is C114H123N5O6Si. The Morgan fingerprint density at radius 2 is 0.603 bits per heavy atom. The lowest BCUT2D eigenvalue weighted by atomic mass is 9.72. The average Bonchev–Trinajstić information content (AvgIpc) is 0.691. The van der Waals surface area contributed by atoms with Gasteiger partial charge in [-0.3, -0.25) is 25.0 Å². The number of aryl methyl sites for hydroxylation is 2. The standard InChI is InChI=1S/C31H31NO.C26H21NO.C23H31NO.C19H25NOSi.C15H15NO2/c1-30(2,24-14-8-5-9-15-24)26-20-23(22-32-27-18-12-7-13-19-27)29(33)28(21-26)31(3,4)25-16-10-6-11-17-25;1-19-6-5-9-24(26(19)28)18-27-25-16-14-23(15-17-25)22-12-10-21(11-13-22)20-7-3-2-4-8-20;1-7-22(3,4)18-14-17(16-24-19-12-10-9-11-13-19)21(25)20(15-18)23(5,6)8-2;1-4-22(5-2,6-3)18-14-10-11-16(19(18)21)15-20-17-12-8-7-9-13-17;1-11-8-14(18-2)9-12(15(11)17)10-16-13-6-4-3-5-7-13/h5-22,33H,1-4H3;2-18,28H,1H3;9-16,25H,7-8H2,1-6H3;7-15,21H,4-6H2,1-3H3;3-10,17H,1-2H3. The van der Waals surface area contributed by atoms with Crippen molar-refractivity contribution in [1.29, 1.82) is 0 Å². The molecule has 0 radical (unpaired) electrons. The first kappa shape index (κ1) is 94.7. The monoisotopic (exact) mass is 1690 g/mol. The van der Waals surface area contributed by atoms with Gasteiger partial charge in [0.2, 0.25) is 0 Å². The van der Waals surface area contributed by atoms with Gasteiger partial charge in [0.05, 0.1) is 43.6 Å². The molecule has 644 valence electrons. The van der Waals surface area contributed by atoms with Gasteiger partial charge < -0.3 is 30.3 Å². The van der Waals surface area contributed by atoms with Gasteiger partial charge in [-0.15, -0.1) is 0 Å². The van der Waals surface area contributed by atoms with Crippen molar-refractivity contribution in [3.05, 3.63) is 406 Å². The van der Waals surface area contributed by atoms with Crippen LogP contribution >= 0.6 is 0 Å². The van der Waals surface area contributed by atoms with Crippen LogP contribution < -0.4 is 9.92 Å². The van der Waals surface area contributed by atoms with Crippen molar-refractivity contribution >= 4 is 72.8 Å². The highest BCUT2D eigenvalue weighted by molar-refractivity contribution is 6.92. The highest BCUT2D eigenvalue weighted by Gasteiger charge is 2.34. The molecule has 0 aliphatic heterocycles. The molecule has 11 nitrogen and oxygen atoms in total. The Kier molecular flexibility index (Phi) is 33.6. The zero-order chi connectivity index (χ0) is 90.4. The zero-order valence-corrected chi connectivity index (χ0v) is 77.1. The van der Waals surface area contributed by atoms with Crippen molar-refractivity contribution < 1.29 is 30.3 Å². The Morgan fingerprint density at radius 3 is 1.02 bits per heavy atom. The smallest absolute Gasteiger partial charge is 0.128 e. The molecule has 14 aromatic carbocycles. The first-order chi connectivity index (χ1) is 60.6. The molecule has 14 rings (SSSR count). The fraction of sp³-hybridized carbons (Fsp3) is 0.219. The maximum absolute atomic E-state index is 11.4. The Bertz CT molecular complexity index is 5940. The number of nitrogens with zero attached hydrogens (tertiary/aromatic N) is 5. The molecule has 0 atom stereocenters. The van der Waals surface area contributed by atoms with E-state index in [9.17, 15) is 25.5 Å². The number of benzene rings is 14. The van der Waals surface area contributed by atoms with Crippen LogP contribution in [0.15, 0.2) is 359 Å². The number of rotatable bonds is 25. The molecule has 0 unspecified atom stereocenters. The van der Waals surface area contributed by atoms with Crippen LogP contribution in [0.25, 0.3) is 22.3 Å². The van der Waals surface area contributed by atoms with Crippen LogP contribution in [0.2, 0.25) is 18.1 Å². The van der Waals surface area contributed by atoms with Crippen LogP contribution in [-0.2, 0) is 21.7 Å². The predicted molar refractivity (Wildman–Crippen MR) is 537 cm³/mol. The fourth-order valence-electron chi connectivity index (χ4n) is 14.9. The minimum absolute atomic E-state index is 0.0572. The number of aromatic hydroxyl groups is 5. The molecule has 12 heteroatoms. The lowest BCUT2D eigenvalue weighted by Gasteiger charge is -2.32. The van der Waals surface area contributed by atoms with Crippen molar-refractivity contribution in [3.8, 4) is 56.8 Å². The van der Waals surface area contributed by atoms with Crippen LogP contribution in [0.1, 0.15) is 175 Å². The molecule has 0 aliphatic carbocycles. The van der Waals surface area contributed by atoms with Gasteiger partial charge >= 0.3 is 0 Å². The first-order valence-corrected chi connectivity index (χ1v) is 46.2. The van der Waals surface area contributed by atoms with E-state index in [-0.39, 0.29) is 38.9 Å². The third kappa shape index (κ3) is 24.9. The van der Waals surface area contributed by atoms with Gasteiger partial charge in [-0.25, -0.2) is 0 Å². The highest BCUT2D eigenvalue weighted by atomic mass is 28.3. The third-order valence-corrected chi connectivity index (χ3v) is 30.0. The normalized spacial score (nSPS) is 11.8. The van der Waals surface area contributed by atoms with E-state index >= 15 is 0 Å². The second kappa shape index (κ2) is 44.7. The first-order valence-electron chi connectivity index (χ1n) is 43.6.